The molecule has 166 valence electrons. The fourth-order valence-electron chi connectivity index (χ4n) is 3.71. The molecule has 3 aromatic rings. The smallest absolute Gasteiger partial charge is 0.308 e. The maximum absolute atomic E-state index is 12.3. The highest BCUT2D eigenvalue weighted by Crippen LogP contribution is 2.31. The lowest BCUT2D eigenvalue weighted by molar-refractivity contribution is -0.154. The van der Waals surface area contributed by atoms with E-state index < -0.39 is 12.1 Å². The Bertz CT molecular complexity index is 1140. The highest BCUT2D eigenvalue weighted by Gasteiger charge is 2.26. The van der Waals surface area contributed by atoms with Crippen molar-refractivity contribution < 1.29 is 23.9 Å². The van der Waals surface area contributed by atoms with Crippen molar-refractivity contribution in [2.75, 3.05) is 24.6 Å². The first kappa shape index (κ1) is 21.4. The zero-order valence-corrected chi connectivity index (χ0v) is 17.8. The molecule has 8 heteroatoms. The first-order chi connectivity index (χ1) is 15.5. The number of aromatic amines is 1. The van der Waals surface area contributed by atoms with E-state index in [0.29, 0.717) is 24.4 Å². The maximum atomic E-state index is 12.3. The van der Waals surface area contributed by atoms with E-state index in [-0.39, 0.29) is 31.4 Å². The number of carbonyl (C=O) groups excluding carboxylic acids is 3. The molecule has 2 N–H and O–H groups in total. The first-order valence-corrected chi connectivity index (χ1v) is 10.6. The number of carbonyl (C=O) groups is 3. The third kappa shape index (κ3) is 4.74. The standard InChI is InChI=1S/C24H25N3O5/c1-16(24(30)25-12-10-17-14-26-19-7-3-2-6-18(17)19)32-23(29)11-13-27-20-8-4-5-9-21(20)31-15-22(27)28/h2-9,14,16,26H,10-13,15H2,1H3,(H,25,30)/t16-/m1/s1. The van der Waals surface area contributed by atoms with Crippen LogP contribution in [0.1, 0.15) is 18.9 Å². The average molecular weight is 435 g/mol. The van der Waals surface area contributed by atoms with Crippen LogP contribution in [0.5, 0.6) is 5.75 Å². The molecule has 0 radical (unpaired) electrons. The van der Waals surface area contributed by atoms with Gasteiger partial charge in [-0.25, -0.2) is 0 Å². The quantitative estimate of drug-likeness (QED) is 0.530. The van der Waals surface area contributed by atoms with Gasteiger partial charge in [0.1, 0.15) is 5.75 Å². The molecule has 0 unspecified atom stereocenters. The number of ether oxygens (including phenoxy) is 2. The number of amides is 2. The molecular formula is C24H25N3O5. The Morgan fingerprint density at radius 1 is 1.19 bits per heavy atom. The van der Waals surface area contributed by atoms with Crippen LogP contribution in [-0.2, 0) is 25.5 Å². The van der Waals surface area contributed by atoms with Gasteiger partial charge in [-0.3, -0.25) is 14.4 Å². The second-order valence-electron chi connectivity index (χ2n) is 7.58. The lowest BCUT2D eigenvalue weighted by atomic mass is 10.1. The number of rotatable bonds is 8. The first-order valence-electron chi connectivity index (χ1n) is 10.6. The Hall–Kier alpha value is -3.81. The summed E-state index contributed by atoms with van der Waals surface area (Å²) in [7, 11) is 0. The van der Waals surface area contributed by atoms with E-state index in [1.54, 1.807) is 18.2 Å². The molecule has 0 aliphatic carbocycles. The maximum Gasteiger partial charge on any atom is 0.308 e. The second kappa shape index (κ2) is 9.55. The van der Waals surface area contributed by atoms with Crippen LogP contribution in [0.2, 0.25) is 0 Å². The van der Waals surface area contributed by atoms with Gasteiger partial charge < -0.3 is 24.7 Å². The summed E-state index contributed by atoms with van der Waals surface area (Å²) in [6.45, 7) is 2.06. The number of aromatic nitrogens is 1. The Kier molecular flexibility index (Phi) is 6.39. The average Bonchev–Trinajstić information content (AvgIpc) is 3.21. The molecule has 2 heterocycles. The van der Waals surface area contributed by atoms with Crippen LogP contribution in [0.4, 0.5) is 5.69 Å². The van der Waals surface area contributed by atoms with E-state index in [9.17, 15) is 14.4 Å². The summed E-state index contributed by atoms with van der Waals surface area (Å²) < 4.78 is 10.7. The second-order valence-corrected chi connectivity index (χ2v) is 7.58. The minimum Gasteiger partial charge on any atom is -0.482 e. The van der Waals surface area contributed by atoms with Gasteiger partial charge in [0.2, 0.25) is 0 Å². The molecular weight excluding hydrogens is 410 g/mol. The summed E-state index contributed by atoms with van der Waals surface area (Å²) in [5, 5.41) is 3.93. The van der Waals surface area contributed by atoms with E-state index >= 15 is 0 Å². The van der Waals surface area contributed by atoms with Gasteiger partial charge >= 0.3 is 5.97 Å². The van der Waals surface area contributed by atoms with Crippen LogP contribution in [0.25, 0.3) is 10.9 Å². The van der Waals surface area contributed by atoms with Crippen molar-refractivity contribution in [2.24, 2.45) is 0 Å². The number of anilines is 1. The molecule has 0 fully saturated rings. The number of H-pyrrole nitrogens is 1. The third-order valence-corrected chi connectivity index (χ3v) is 5.39. The molecule has 2 aromatic carbocycles. The largest absolute Gasteiger partial charge is 0.482 e. The summed E-state index contributed by atoms with van der Waals surface area (Å²) >= 11 is 0. The highest BCUT2D eigenvalue weighted by molar-refractivity contribution is 5.98. The molecule has 1 aliphatic rings. The van der Waals surface area contributed by atoms with Gasteiger partial charge in [-0.1, -0.05) is 30.3 Å². The molecule has 1 atom stereocenters. The number of nitrogens with zero attached hydrogens (tertiary/aromatic N) is 1. The number of benzene rings is 2. The summed E-state index contributed by atoms with van der Waals surface area (Å²) in [4.78, 5) is 41.5. The number of hydrogen-bond acceptors (Lipinski definition) is 5. The fourth-order valence-corrected chi connectivity index (χ4v) is 3.71. The van der Waals surface area contributed by atoms with Crippen molar-refractivity contribution >= 4 is 34.4 Å². The molecule has 1 aromatic heterocycles. The zero-order chi connectivity index (χ0) is 22.5. The van der Waals surface area contributed by atoms with Crippen molar-refractivity contribution in [1.29, 1.82) is 0 Å². The number of esters is 1. The van der Waals surface area contributed by atoms with Gasteiger partial charge in [0.05, 0.1) is 12.1 Å². The van der Waals surface area contributed by atoms with E-state index in [1.807, 2.05) is 36.5 Å². The topological polar surface area (TPSA) is 101 Å². The molecule has 2 amide bonds. The van der Waals surface area contributed by atoms with Gasteiger partial charge in [0, 0.05) is 30.2 Å². The van der Waals surface area contributed by atoms with Crippen molar-refractivity contribution in [3.05, 3.63) is 60.3 Å². The van der Waals surface area contributed by atoms with Gasteiger partial charge in [0.25, 0.3) is 11.8 Å². The van der Waals surface area contributed by atoms with E-state index in [2.05, 4.69) is 10.3 Å². The Morgan fingerprint density at radius 3 is 2.84 bits per heavy atom. The summed E-state index contributed by atoms with van der Waals surface area (Å²) in [6, 6.07) is 15.1. The van der Waals surface area contributed by atoms with Crippen LogP contribution < -0.4 is 15.0 Å². The normalized spacial score (nSPS) is 13.9. The number of para-hydroxylation sites is 3. The number of fused-ring (bicyclic) bond motifs is 2. The zero-order valence-electron chi connectivity index (χ0n) is 17.8. The van der Waals surface area contributed by atoms with Gasteiger partial charge in [0.15, 0.2) is 12.7 Å². The Balaban J connectivity index is 1.23. The van der Waals surface area contributed by atoms with Crippen molar-refractivity contribution in [2.45, 2.75) is 25.9 Å². The van der Waals surface area contributed by atoms with Crippen molar-refractivity contribution in [1.82, 2.24) is 10.3 Å². The lowest BCUT2D eigenvalue weighted by Gasteiger charge is -2.29. The van der Waals surface area contributed by atoms with Gasteiger partial charge in [-0.15, -0.1) is 0 Å². The molecule has 0 saturated carbocycles. The van der Waals surface area contributed by atoms with Crippen LogP contribution in [0, 0.1) is 0 Å². The number of nitrogens with one attached hydrogen (secondary N) is 2. The SMILES string of the molecule is C[C@@H](OC(=O)CCN1C(=O)COc2ccccc21)C(=O)NCCc1c[nH]c2ccccc12. The molecule has 0 saturated heterocycles. The fraction of sp³-hybridized carbons (Fsp3) is 0.292. The Morgan fingerprint density at radius 2 is 1.97 bits per heavy atom. The van der Waals surface area contributed by atoms with Crippen molar-refractivity contribution in [3.8, 4) is 5.75 Å². The van der Waals surface area contributed by atoms with E-state index in [0.717, 1.165) is 16.5 Å². The molecule has 4 rings (SSSR count). The Labute approximate surface area is 185 Å². The molecule has 0 bridgehead atoms. The lowest BCUT2D eigenvalue weighted by Crippen LogP contribution is -2.41. The van der Waals surface area contributed by atoms with Crippen LogP contribution in [0.15, 0.2) is 54.7 Å². The molecule has 8 nitrogen and oxygen atoms in total. The summed E-state index contributed by atoms with van der Waals surface area (Å²) in [5.74, 6) is -0.518. The summed E-state index contributed by atoms with van der Waals surface area (Å²) in [5.41, 5.74) is 2.79. The third-order valence-electron chi connectivity index (χ3n) is 5.39. The minimum absolute atomic E-state index is 0.0208. The van der Waals surface area contributed by atoms with E-state index in [1.165, 1.54) is 11.8 Å². The van der Waals surface area contributed by atoms with Crippen LogP contribution in [0.3, 0.4) is 0 Å². The van der Waals surface area contributed by atoms with E-state index in [4.69, 9.17) is 9.47 Å². The van der Waals surface area contributed by atoms with Gasteiger partial charge in [-0.05, 0) is 37.1 Å². The van der Waals surface area contributed by atoms with Crippen LogP contribution >= 0.6 is 0 Å². The predicted octanol–water partition coefficient (Wildman–Crippen LogP) is 2.57. The molecule has 0 spiro atoms. The minimum atomic E-state index is -0.918. The van der Waals surface area contributed by atoms with Gasteiger partial charge in [-0.2, -0.15) is 0 Å². The van der Waals surface area contributed by atoms with Crippen molar-refractivity contribution in [3.63, 3.8) is 0 Å². The summed E-state index contributed by atoms with van der Waals surface area (Å²) in [6.07, 6.45) is 1.66. The molecule has 1 aliphatic heterocycles. The number of hydrogen-bond donors (Lipinski definition) is 2. The predicted molar refractivity (Wildman–Crippen MR) is 119 cm³/mol. The highest BCUT2D eigenvalue weighted by atomic mass is 16.5. The van der Waals surface area contributed by atoms with Crippen LogP contribution in [-0.4, -0.2) is 48.6 Å². The monoisotopic (exact) mass is 435 g/mol. The molecule has 32 heavy (non-hydrogen) atoms.